The Kier molecular flexibility index (Phi) is 7.23. The topological polar surface area (TPSA) is 22.8 Å². The van der Waals surface area contributed by atoms with Crippen molar-refractivity contribution < 1.29 is 0 Å². The zero-order valence-electron chi connectivity index (χ0n) is 31.5. The van der Waals surface area contributed by atoms with Gasteiger partial charge >= 0.3 is 0 Å². The molecule has 0 saturated carbocycles. The Morgan fingerprint density at radius 2 is 0.948 bits per heavy atom. The van der Waals surface area contributed by atoms with Crippen molar-refractivity contribution in [1.82, 2.24) is 14.1 Å². The van der Waals surface area contributed by atoms with Crippen LogP contribution in [0.1, 0.15) is 0 Å². The van der Waals surface area contributed by atoms with Crippen LogP contribution in [0.25, 0.3) is 110 Å². The van der Waals surface area contributed by atoms with Gasteiger partial charge in [0.05, 0.1) is 39.1 Å². The second-order valence-electron chi connectivity index (χ2n) is 15.1. The van der Waals surface area contributed by atoms with E-state index in [9.17, 15) is 0 Å². The molecular weight excluding hydrogens is 703 g/mol. The van der Waals surface area contributed by atoms with E-state index in [1.807, 2.05) is 0 Å². The van der Waals surface area contributed by atoms with Gasteiger partial charge in [-0.05, 0) is 81.9 Å². The van der Waals surface area contributed by atoms with E-state index in [0.717, 1.165) is 39.5 Å². The molecule has 3 heteroatoms. The molecule has 0 spiro atoms. The summed E-state index contributed by atoms with van der Waals surface area (Å²) in [6, 6.07) is 76.8. The van der Waals surface area contributed by atoms with Gasteiger partial charge in [0.1, 0.15) is 0 Å². The predicted molar refractivity (Wildman–Crippen MR) is 244 cm³/mol. The van der Waals surface area contributed by atoms with E-state index in [1.54, 1.807) is 0 Å². The largest absolute Gasteiger partial charge is 0.309 e. The fourth-order valence-electron chi connectivity index (χ4n) is 9.28. The van der Waals surface area contributed by atoms with Crippen LogP contribution in [0.15, 0.2) is 212 Å². The average Bonchev–Trinajstić information content (AvgIpc) is 3.82. The van der Waals surface area contributed by atoms with Crippen LogP contribution in [0.3, 0.4) is 0 Å². The minimum absolute atomic E-state index is 0.953. The summed E-state index contributed by atoms with van der Waals surface area (Å²) in [4.78, 5) is 5.28. The Morgan fingerprint density at radius 1 is 0.328 bits per heavy atom. The smallest absolute Gasteiger partial charge is 0.0715 e. The Morgan fingerprint density at radius 3 is 1.74 bits per heavy atom. The van der Waals surface area contributed by atoms with E-state index in [4.69, 9.17) is 4.98 Å². The number of pyridine rings is 1. The molecule has 3 heterocycles. The van der Waals surface area contributed by atoms with Crippen molar-refractivity contribution in [2.75, 3.05) is 0 Å². The second kappa shape index (κ2) is 12.9. The Bertz CT molecular complexity index is 3560. The van der Waals surface area contributed by atoms with Crippen molar-refractivity contribution in [3.63, 3.8) is 0 Å². The number of para-hydroxylation sites is 3. The molecule has 0 aliphatic heterocycles. The molecule has 0 aliphatic rings. The molecule has 12 rings (SSSR count). The Labute approximate surface area is 335 Å². The second-order valence-corrected chi connectivity index (χ2v) is 15.1. The molecular formula is C55H35N3. The van der Waals surface area contributed by atoms with Gasteiger partial charge < -0.3 is 9.13 Å². The summed E-state index contributed by atoms with van der Waals surface area (Å²) in [6.07, 6.45) is 0. The molecule has 270 valence electrons. The van der Waals surface area contributed by atoms with E-state index < -0.39 is 0 Å². The monoisotopic (exact) mass is 737 g/mol. The molecule has 0 aliphatic carbocycles. The molecule has 12 aromatic rings. The fraction of sp³-hybridized carbons (Fsp3) is 0. The van der Waals surface area contributed by atoms with Crippen molar-refractivity contribution >= 4 is 65.2 Å². The van der Waals surface area contributed by atoms with Gasteiger partial charge in [0.2, 0.25) is 0 Å². The van der Waals surface area contributed by atoms with Gasteiger partial charge in [0.25, 0.3) is 0 Å². The minimum Gasteiger partial charge on any atom is -0.309 e. The number of fused-ring (bicyclic) bond motifs is 9. The summed E-state index contributed by atoms with van der Waals surface area (Å²) in [7, 11) is 0. The van der Waals surface area contributed by atoms with Crippen molar-refractivity contribution in [1.29, 1.82) is 0 Å². The third-order valence-corrected chi connectivity index (χ3v) is 11.9. The van der Waals surface area contributed by atoms with Gasteiger partial charge in [-0.25, -0.2) is 4.98 Å². The van der Waals surface area contributed by atoms with Crippen LogP contribution in [-0.2, 0) is 0 Å². The molecule has 0 bridgehead atoms. The van der Waals surface area contributed by atoms with E-state index >= 15 is 0 Å². The number of aromatic nitrogens is 3. The van der Waals surface area contributed by atoms with Crippen LogP contribution < -0.4 is 0 Å². The SMILES string of the molecule is c1ccc(-c2cc(-c3ccc(-n4c5ccccc5c5ccc6c(c7ccccc7n6-c6ccccc6)c54)c4ccccc34)cc(-c3ccc4ccccc4c3)n2)cc1. The summed E-state index contributed by atoms with van der Waals surface area (Å²) >= 11 is 0. The zero-order valence-corrected chi connectivity index (χ0v) is 31.5. The standard InChI is InChI=1S/C55H35N3/c1-3-16-37(17-4-1)48-34-40(35-49(56-48)39-28-27-36-15-7-8-18-38(36)33-39)42-29-31-52(44-22-10-9-21-43(42)44)58-50-25-13-11-23-45(50)46-30-32-53-54(55(46)58)47-24-12-14-26-51(47)57(53)41-19-5-2-6-20-41/h1-35H. The molecule has 3 aromatic heterocycles. The molecule has 9 aromatic carbocycles. The predicted octanol–water partition coefficient (Wildman–Crippen LogP) is 14.6. The lowest BCUT2D eigenvalue weighted by molar-refractivity contribution is 1.18. The quantitative estimate of drug-likeness (QED) is 0.172. The van der Waals surface area contributed by atoms with E-state index in [0.29, 0.717) is 0 Å². The van der Waals surface area contributed by atoms with Crippen LogP contribution in [0.2, 0.25) is 0 Å². The van der Waals surface area contributed by atoms with Crippen molar-refractivity contribution in [2.24, 2.45) is 0 Å². The van der Waals surface area contributed by atoms with Gasteiger partial charge in [0.15, 0.2) is 0 Å². The number of rotatable bonds is 5. The molecule has 0 unspecified atom stereocenters. The van der Waals surface area contributed by atoms with Crippen LogP contribution in [-0.4, -0.2) is 14.1 Å². The first-order chi connectivity index (χ1) is 28.8. The van der Waals surface area contributed by atoms with Crippen LogP contribution >= 0.6 is 0 Å². The number of benzene rings is 9. The number of hydrogen-bond acceptors (Lipinski definition) is 1. The Hall–Kier alpha value is -7.75. The lowest BCUT2D eigenvalue weighted by Crippen LogP contribution is -1.98. The first-order valence-electron chi connectivity index (χ1n) is 19.9. The maximum atomic E-state index is 5.28. The minimum atomic E-state index is 0.953. The maximum absolute atomic E-state index is 5.28. The van der Waals surface area contributed by atoms with Crippen LogP contribution in [0, 0.1) is 0 Å². The number of nitrogens with zero attached hydrogens (tertiary/aromatic N) is 3. The van der Waals surface area contributed by atoms with E-state index in [2.05, 4.69) is 221 Å². The van der Waals surface area contributed by atoms with Gasteiger partial charge in [-0.15, -0.1) is 0 Å². The maximum Gasteiger partial charge on any atom is 0.0715 e. The summed E-state index contributed by atoms with van der Waals surface area (Å²) < 4.78 is 4.93. The highest BCUT2D eigenvalue weighted by Crippen LogP contribution is 2.44. The molecule has 0 N–H and O–H groups in total. The molecule has 0 amide bonds. The van der Waals surface area contributed by atoms with Gasteiger partial charge in [-0.1, -0.05) is 158 Å². The molecule has 0 fully saturated rings. The highest BCUT2D eigenvalue weighted by atomic mass is 15.0. The molecule has 0 radical (unpaired) electrons. The zero-order chi connectivity index (χ0) is 38.2. The lowest BCUT2D eigenvalue weighted by atomic mass is 9.94. The van der Waals surface area contributed by atoms with Gasteiger partial charge in [0, 0.05) is 43.7 Å². The molecule has 58 heavy (non-hydrogen) atoms. The summed E-state index contributed by atoms with van der Waals surface area (Å²) in [5.74, 6) is 0. The molecule has 3 nitrogen and oxygen atoms in total. The van der Waals surface area contributed by atoms with Crippen LogP contribution in [0.4, 0.5) is 0 Å². The van der Waals surface area contributed by atoms with E-state index in [1.165, 1.54) is 70.7 Å². The van der Waals surface area contributed by atoms with Gasteiger partial charge in [-0.2, -0.15) is 0 Å². The van der Waals surface area contributed by atoms with Crippen molar-refractivity contribution in [3.8, 4) is 45.0 Å². The van der Waals surface area contributed by atoms with Gasteiger partial charge in [-0.3, -0.25) is 0 Å². The third kappa shape index (κ3) is 4.97. The normalized spacial score (nSPS) is 11.8. The summed E-state index contributed by atoms with van der Waals surface area (Å²) in [6.45, 7) is 0. The first-order valence-corrected chi connectivity index (χ1v) is 19.9. The lowest BCUT2D eigenvalue weighted by Gasteiger charge is -2.17. The average molecular weight is 738 g/mol. The fourth-order valence-corrected chi connectivity index (χ4v) is 9.28. The molecule has 0 saturated heterocycles. The third-order valence-electron chi connectivity index (χ3n) is 11.9. The molecule has 0 atom stereocenters. The first kappa shape index (κ1) is 32.5. The number of hydrogen-bond donors (Lipinski definition) is 0. The highest BCUT2D eigenvalue weighted by molar-refractivity contribution is 6.26. The van der Waals surface area contributed by atoms with Crippen molar-refractivity contribution in [2.45, 2.75) is 0 Å². The van der Waals surface area contributed by atoms with E-state index in [-0.39, 0.29) is 0 Å². The highest BCUT2D eigenvalue weighted by Gasteiger charge is 2.22. The van der Waals surface area contributed by atoms with Crippen molar-refractivity contribution in [3.05, 3.63) is 212 Å². The van der Waals surface area contributed by atoms with Crippen LogP contribution in [0.5, 0.6) is 0 Å². The summed E-state index contributed by atoms with van der Waals surface area (Å²) in [5.41, 5.74) is 13.5. The Balaban J connectivity index is 1.14. The summed E-state index contributed by atoms with van der Waals surface area (Å²) in [5, 5.41) is 9.79.